The Morgan fingerprint density at radius 3 is 2.89 bits per heavy atom. The number of phenols is 1. The number of rotatable bonds is 2. The Balaban J connectivity index is 0.000000143. The Morgan fingerprint density at radius 1 is 1.26 bits per heavy atom. The van der Waals surface area contributed by atoms with Crippen LogP contribution in [-0.2, 0) is 4.79 Å². The number of H-pyrrole nitrogens is 1. The molecule has 1 aliphatic heterocycles. The highest BCUT2D eigenvalue weighted by Crippen LogP contribution is 2.38. The summed E-state index contributed by atoms with van der Waals surface area (Å²) in [5.74, 6) is 1.15. The highest BCUT2D eigenvalue weighted by molar-refractivity contribution is 5.88. The molecule has 2 aliphatic rings. The molecule has 0 radical (unpaired) electrons. The number of carbonyl (C=O) groups is 1. The predicted octanol–water partition coefficient (Wildman–Crippen LogP) is 3.51. The van der Waals surface area contributed by atoms with E-state index in [1.165, 1.54) is 25.3 Å². The normalized spacial score (nSPS) is 20.4. The van der Waals surface area contributed by atoms with Crippen LogP contribution in [0.15, 0.2) is 55.3 Å². The summed E-state index contributed by atoms with van der Waals surface area (Å²) >= 11 is 0. The molecule has 1 aromatic carbocycles. The topological polar surface area (TPSA) is 82.1 Å². The van der Waals surface area contributed by atoms with E-state index in [1.807, 2.05) is 35.4 Å². The molecule has 6 nitrogen and oxygen atoms in total. The Hall–Kier alpha value is -3.15. The number of phenolic OH excluding ortho intramolecular Hbond substituents is 1. The second-order valence-electron chi connectivity index (χ2n) is 6.98. The maximum atomic E-state index is 11.1. The third-order valence-electron chi connectivity index (χ3n) is 5.39. The number of nitrogens with one attached hydrogen (secondary N) is 1. The van der Waals surface area contributed by atoms with Crippen molar-refractivity contribution >= 4 is 16.9 Å². The van der Waals surface area contributed by atoms with Gasteiger partial charge in [-0.15, -0.1) is 10.2 Å². The van der Waals surface area contributed by atoms with Crippen molar-refractivity contribution < 1.29 is 9.90 Å². The lowest BCUT2D eigenvalue weighted by molar-refractivity contribution is -0.136. The van der Waals surface area contributed by atoms with Crippen LogP contribution in [0.4, 0.5) is 0 Å². The van der Waals surface area contributed by atoms with Gasteiger partial charge in [-0.25, -0.2) is 0 Å². The Bertz CT molecular complexity index is 981. The van der Waals surface area contributed by atoms with Crippen molar-refractivity contribution in [3.8, 4) is 17.0 Å². The highest BCUT2D eigenvalue weighted by Gasteiger charge is 2.43. The number of hydrogen-bond acceptors (Lipinski definition) is 4. The van der Waals surface area contributed by atoms with Crippen LogP contribution in [0.1, 0.15) is 19.3 Å². The summed E-state index contributed by atoms with van der Waals surface area (Å²) in [6, 6.07) is 11.5. The highest BCUT2D eigenvalue weighted by atomic mass is 16.3. The Labute approximate surface area is 157 Å². The number of fused-ring (bicyclic) bond motifs is 2. The van der Waals surface area contributed by atoms with E-state index in [2.05, 4.69) is 21.8 Å². The molecule has 27 heavy (non-hydrogen) atoms. The third-order valence-corrected chi connectivity index (χ3v) is 5.39. The first kappa shape index (κ1) is 17.3. The third kappa shape index (κ3) is 3.30. The summed E-state index contributed by atoms with van der Waals surface area (Å²) < 4.78 is 0. The number of nitrogens with zero attached hydrogens (tertiary/aromatic N) is 3. The minimum Gasteiger partial charge on any atom is -0.507 e. The van der Waals surface area contributed by atoms with Gasteiger partial charge in [0.15, 0.2) is 5.65 Å². The molecule has 1 saturated carbocycles. The van der Waals surface area contributed by atoms with Gasteiger partial charge in [-0.3, -0.25) is 4.79 Å². The first-order valence-corrected chi connectivity index (χ1v) is 9.19. The summed E-state index contributed by atoms with van der Waals surface area (Å²) in [6.07, 6.45) is 7.08. The minimum atomic E-state index is 0.119. The van der Waals surface area contributed by atoms with E-state index in [9.17, 15) is 9.90 Å². The summed E-state index contributed by atoms with van der Waals surface area (Å²) in [7, 11) is 0. The van der Waals surface area contributed by atoms with Gasteiger partial charge < -0.3 is 15.0 Å². The lowest BCUT2D eigenvalue weighted by Crippen LogP contribution is -2.55. The standard InChI is InChI=1S/C12H9N3O.C9H13NO/c16-11-4-2-1-3-9(11)10-7-8-5-6-13-12(8)15-14-10;1-2-9(11)10-6-7-4-3-5-8(7)10/h1-7,16H,(H,13,15);2,7-8H,1,3-6H2. The lowest BCUT2D eigenvalue weighted by Gasteiger charge is -2.44. The molecule has 138 valence electrons. The molecule has 1 amide bonds. The molecule has 2 N–H and O–H groups in total. The fourth-order valence-electron chi connectivity index (χ4n) is 3.94. The molecule has 0 bridgehead atoms. The van der Waals surface area contributed by atoms with Crippen LogP contribution in [0.2, 0.25) is 0 Å². The summed E-state index contributed by atoms with van der Waals surface area (Å²) in [4.78, 5) is 16.1. The number of aromatic nitrogens is 3. The van der Waals surface area contributed by atoms with Crippen LogP contribution < -0.4 is 0 Å². The monoisotopic (exact) mass is 362 g/mol. The maximum Gasteiger partial charge on any atom is 0.246 e. The van der Waals surface area contributed by atoms with Crippen molar-refractivity contribution in [2.24, 2.45) is 5.92 Å². The molecular weight excluding hydrogens is 340 g/mol. The van der Waals surface area contributed by atoms with Crippen molar-refractivity contribution in [3.63, 3.8) is 0 Å². The number of aromatic hydroxyl groups is 1. The molecule has 1 aliphatic carbocycles. The molecule has 0 spiro atoms. The lowest BCUT2D eigenvalue weighted by atomic mass is 9.92. The van der Waals surface area contributed by atoms with Crippen molar-refractivity contribution in [1.29, 1.82) is 0 Å². The number of hydrogen-bond donors (Lipinski definition) is 2. The second kappa shape index (κ2) is 7.23. The van der Waals surface area contributed by atoms with Crippen molar-refractivity contribution in [2.75, 3.05) is 6.54 Å². The summed E-state index contributed by atoms with van der Waals surface area (Å²) in [5, 5.41) is 18.8. The number of amides is 1. The van der Waals surface area contributed by atoms with Crippen LogP contribution in [0.25, 0.3) is 22.3 Å². The molecule has 3 aromatic rings. The summed E-state index contributed by atoms with van der Waals surface area (Å²) in [6.45, 7) is 4.47. The van der Waals surface area contributed by atoms with Crippen molar-refractivity contribution in [1.82, 2.24) is 20.1 Å². The molecule has 2 aromatic heterocycles. The molecule has 6 heteroatoms. The Kier molecular flexibility index (Phi) is 4.62. The minimum absolute atomic E-state index is 0.119. The molecule has 2 unspecified atom stereocenters. The molecule has 5 rings (SSSR count). The van der Waals surface area contributed by atoms with Gasteiger partial charge in [-0.05, 0) is 49.1 Å². The van der Waals surface area contributed by atoms with E-state index in [4.69, 9.17) is 0 Å². The maximum absolute atomic E-state index is 11.1. The number of likely N-dealkylation sites (tertiary alicyclic amines) is 1. The first-order valence-electron chi connectivity index (χ1n) is 9.19. The zero-order chi connectivity index (χ0) is 18.8. The first-order chi connectivity index (χ1) is 13.2. The number of para-hydroxylation sites is 1. The van der Waals surface area contributed by atoms with E-state index >= 15 is 0 Å². The van der Waals surface area contributed by atoms with Crippen LogP contribution in [-0.4, -0.2) is 43.7 Å². The zero-order valence-electron chi connectivity index (χ0n) is 15.0. The van der Waals surface area contributed by atoms with Crippen molar-refractivity contribution in [3.05, 3.63) is 55.3 Å². The van der Waals surface area contributed by atoms with E-state index < -0.39 is 0 Å². The average Bonchev–Trinajstić information content (AvgIpc) is 3.28. The quantitative estimate of drug-likeness (QED) is 0.684. The van der Waals surface area contributed by atoms with Crippen LogP contribution in [0, 0.1) is 5.92 Å². The smallest absolute Gasteiger partial charge is 0.246 e. The molecule has 2 atom stereocenters. The van der Waals surface area contributed by atoms with Crippen LogP contribution in [0.5, 0.6) is 5.75 Å². The average molecular weight is 362 g/mol. The predicted molar refractivity (Wildman–Crippen MR) is 104 cm³/mol. The molecule has 1 saturated heterocycles. The SMILES string of the molecule is C=CC(=O)N1CC2CCCC21.Oc1ccccc1-c1cc2cc[nH]c2nn1. The number of carbonyl (C=O) groups excluding carboxylic acids is 1. The van der Waals surface area contributed by atoms with E-state index in [1.54, 1.807) is 12.1 Å². The molecule has 3 heterocycles. The molecule has 2 fully saturated rings. The van der Waals surface area contributed by atoms with Gasteiger partial charge in [0, 0.05) is 29.7 Å². The van der Waals surface area contributed by atoms with E-state index in [0.29, 0.717) is 17.3 Å². The van der Waals surface area contributed by atoms with Gasteiger partial charge >= 0.3 is 0 Å². The fraction of sp³-hybridized carbons (Fsp3) is 0.286. The Morgan fingerprint density at radius 2 is 2.11 bits per heavy atom. The van der Waals surface area contributed by atoms with Gasteiger partial charge in [0.2, 0.25) is 5.91 Å². The van der Waals surface area contributed by atoms with Gasteiger partial charge in [-0.1, -0.05) is 25.1 Å². The van der Waals surface area contributed by atoms with Gasteiger partial charge in [-0.2, -0.15) is 0 Å². The van der Waals surface area contributed by atoms with Crippen molar-refractivity contribution in [2.45, 2.75) is 25.3 Å². The van der Waals surface area contributed by atoms with Gasteiger partial charge in [0.05, 0.1) is 5.69 Å². The fourth-order valence-corrected chi connectivity index (χ4v) is 3.94. The van der Waals surface area contributed by atoms with E-state index in [0.717, 1.165) is 23.5 Å². The molecular formula is C21H22N4O2. The van der Waals surface area contributed by atoms with Crippen LogP contribution in [0.3, 0.4) is 0 Å². The van der Waals surface area contributed by atoms with Gasteiger partial charge in [0.25, 0.3) is 0 Å². The number of benzene rings is 1. The van der Waals surface area contributed by atoms with E-state index in [-0.39, 0.29) is 11.7 Å². The number of aromatic amines is 1. The van der Waals surface area contributed by atoms with Crippen LogP contribution >= 0.6 is 0 Å². The largest absolute Gasteiger partial charge is 0.507 e. The zero-order valence-corrected chi connectivity index (χ0v) is 15.0. The summed E-state index contributed by atoms with van der Waals surface area (Å²) in [5.41, 5.74) is 2.11. The second-order valence-corrected chi connectivity index (χ2v) is 6.98. The van der Waals surface area contributed by atoms with Gasteiger partial charge in [0.1, 0.15) is 5.75 Å².